The Labute approximate surface area is 160 Å². The van der Waals surface area contributed by atoms with Crippen molar-refractivity contribution >= 4 is 29.4 Å². The molecule has 138 valence electrons. The van der Waals surface area contributed by atoms with Gasteiger partial charge in [-0.1, -0.05) is 35.5 Å². The van der Waals surface area contributed by atoms with Gasteiger partial charge >= 0.3 is 0 Å². The third-order valence-electron chi connectivity index (χ3n) is 4.36. The minimum Gasteiger partial charge on any atom is -0.379 e. The summed E-state index contributed by atoms with van der Waals surface area (Å²) in [6.45, 7) is 3.15. The zero-order valence-corrected chi connectivity index (χ0v) is 15.7. The third-order valence-corrected chi connectivity index (χ3v) is 5.32. The molecular formula is C20H19N3O3S. The van der Waals surface area contributed by atoms with Crippen LogP contribution in [-0.4, -0.2) is 35.3 Å². The van der Waals surface area contributed by atoms with Crippen LogP contribution in [0.3, 0.4) is 0 Å². The van der Waals surface area contributed by atoms with Gasteiger partial charge in [0.25, 0.3) is 5.91 Å². The van der Waals surface area contributed by atoms with E-state index in [0.29, 0.717) is 18.1 Å². The van der Waals surface area contributed by atoms with Gasteiger partial charge in [-0.3, -0.25) is 4.79 Å². The van der Waals surface area contributed by atoms with Gasteiger partial charge in [0.1, 0.15) is 21.3 Å². The maximum absolute atomic E-state index is 12.3. The maximum Gasteiger partial charge on any atom is 0.263 e. The number of aryl methyl sites for hydroxylation is 1. The summed E-state index contributed by atoms with van der Waals surface area (Å²) in [5, 5.41) is 7.90. The van der Waals surface area contributed by atoms with Gasteiger partial charge in [-0.2, -0.15) is 0 Å². The Morgan fingerprint density at radius 1 is 1.30 bits per heavy atom. The summed E-state index contributed by atoms with van der Waals surface area (Å²) in [5.74, 6) is 0.634. The quantitative estimate of drug-likeness (QED) is 0.727. The highest BCUT2D eigenvalue weighted by Crippen LogP contribution is 2.27. The highest BCUT2D eigenvalue weighted by atomic mass is 32.1. The van der Waals surface area contributed by atoms with Crippen LogP contribution in [0, 0.1) is 6.92 Å². The van der Waals surface area contributed by atoms with Crippen molar-refractivity contribution in [3.63, 3.8) is 0 Å². The number of ether oxygens (including phenoxy) is 1. The summed E-state index contributed by atoms with van der Waals surface area (Å²) in [5.41, 5.74) is 2.69. The fraction of sp³-hybridized carbons (Fsp3) is 0.250. The number of thiazole rings is 1. The van der Waals surface area contributed by atoms with E-state index in [1.807, 2.05) is 49.4 Å². The molecule has 0 saturated carbocycles. The summed E-state index contributed by atoms with van der Waals surface area (Å²) in [6, 6.07) is 9.97. The molecule has 0 radical (unpaired) electrons. The van der Waals surface area contributed by atoms with E-state index in [4.69, 9.17) is 9.26 Å². The van der Waals surface area contributed by atoms with Crippen molar-refractivity contribution in [3.05, 3.63) is 57.7 Å². The zero-order chi connectivity index (χ0) is 18.6. The van der Waals surface area contributed by atoms with Crippen LogP contribution in [0.25, 0.3) is 23.4 Å². The van der Waals surface area contributed by atoms with Crippen molar-refractivity contribution < 1.29 is 14.1 Å². The van der Waals surface area contributed by atoms with Crippen molar-refractivity contribution in [2.45, 2.75) is 19.4 Å². The molecule has 4 rings (SSSR count). The average molecular weight is 381 g/mol. The third kappa shape index (κ3) is 3.99. The molecule has 0 spiro atoms. The van der Waals surface area contributed by atoms with Gasteiger partial charge < -0.3 is 14.6 Å². The molecule has 1 atom stereocenters. The van der Waals surface area contributed by atoms with Crippen LogP contribution in [0.5, 0.6) is 0 Å². The number of nitrogens with zero attached hydrogens (tertiary/aromatic N) is 2. The van der Waals surface area contributed by atoms with E-state index < -0.39 is 0 Å². The molecule has 0 bridgehead atoms. The van der Waals surface area contributed by atoms with E-state index >= 15 is 0 Å². The largest absolute Gasteiger partial charge is 0.379 e. The number of carbonyl (C=O) groups excluding carboxylic acids is 1. The fourth-order valence-corrected chi connectivity index (χ4v) is 3.63. The number of benzene rings is 1. The first kappa shape index (κ1) is 17.6. The second-order valence-corrected chi connectivity index (χ2v) is 7.36. The lowest BCUT2D eigenvalue weighted by Gasteiger charge is -2.08. The van der Waals surface area contributed by atoms with Crippen molar-refractivity contribution in [1.29, 1.82) is 0 Å². The Bertz CT molecular complexity index is 956. The Balaban J connectivity index is 1.50. The van der Waals surface area contributed by atoms with Crippen LogP contribution in [0.1, 0.15) is 32.4 Å². The standard InChI is InChI=1S/C20H19N3O3S/c1-13-16(19(23-26-13)14-5-3-2-4-6-14)7-8-18-21-11-17(27-18)20(24)22-15-9-10-25-12-15/h2-8,11,15H,9-10,12H2,1H3,(H,22,24)/b8-7+/t15-/m0/s1. The maximum atomic E-state index is 12.3. The molecule has 3 heterocycles. The lowest BCUT2D eigenvalue weighted by atomic mass is 10.1. The van der Waals surface area contributed by atoms with Crippen LogP contribution in [0.4, 0.5) is 0 Å². The summed E-state index contributed by atoms with van der Waals surface area (Å²) in [7, 11) is 0. The number of hydrogen-bond donors (Lipinski definition) is 1. The van der Waals surface area contributed by atoms with Crippen LogP contribution < -0.4 is 5.32 Å². The first-order valence-electron chi connectivity index (χ1n) is 8.75. The Kier molecular flexibility index (Phi) is 5.13. The first-order valence-corrected chi connectivity index (χ1v) is 9.56. The number of amides is 1. The fourth-order valence-electron chi connectivity index (χ4n) is 2.91. The molecule has 2 aromatic heterocycles. The highest BCUT2D eigenvalue weighted by molar-refractivity contribution is 7.14. The van der Waals surface area contributed by atoms with Crippen LogP contribution in [0.15, 0.2) is 41.1 Å². The Morgan fingerprint density at radius 2 is 2.15 bits per heavy atom. The number of hydrogen-bond acceptors (Lipinski definition) is 6. The van der Waals surface area contributed by atoms with Crippen LogP contribution in [-0.2, 0) is 4.74 Å². The van der Waals surface area contributed by atoms with E-state index in [1.165, 1.54) is 11.3 Å². The van der Waals surface area contributed by atoms with E-state index in [1.54, 1.807) is 6.20 Å². The molecular weight excluding hydrogens is 362 g/mol. The molecule has 1 saturated heterocycles. The molecule has 1 aliphatic rings. The average Bonchev–Trinajstić information content (AvgIpc) is 3.42. The van der Waals surface area contributed by atoms with Crippen molar-refractivity contribution in [3.8, 4) is 11.3 Å². The summed E-state index contributed by atoms with van der Waals surface area (Å²) >= 11 is 1.35. The van der Waals surface area contributed by atoms with Gasteiger partial charge in [0.05, 0.1) is 18.8 Å². The molecule has 3 aromatic rings. The topological polar surface area (TPSA) is 77.2 Å². The summed E-state index contributed by atoms with van der Waals surface area (Å²) in [6.07, 6.45) is 6.27. The molecule has 7 heteroatoms. The zero-order valence-electron chi connectivity index (χ0n) is 14.8. The molecule has 27 heavy (non-hydrogen) atoms. The Hall–Kier alpha value is -2.77. The predicted molar refractivity (Wildman–Crippen MR) is 104 cm³/mol. The molecule has 1 amide bonds. The molecule has 0 aliphatic carbocycles. The normalized spacial score (nSPS) is 16.9. The van der Waals surface area contributed by atoms with Crippen LogP contribution in [0.2, 0.25) is 0 Å². The van der Waals surface area contributed by atoms with E-state index in [-0.39, 0.29) is 11.9 Å². The van der Waals surface area contributed by atoms with E-state index in [2.05, 4.69) is 15.5 Å². The minimum absolute atomic E-state index is 0.0895. The molecule has 1 fully saturated rings. The highest BCUT2D eigenvalue weighted by Gasteiger charge is 2.19. The summed E-state index contributed by atoms with van der Waals surface area (Å²) in [4.78, 5) is 17.2. The monoisotopic (exact) mass is 381 g/mol. The van der Waals surface area contributed by atoms with Crippen LogP contribution >= 0.6 is 11.3 Å². The predicted octanol–water partition coefficient (Wildman–Crippen LogP) is 3.80. The van der Waals surface area contributed by atoms with Gasteiger partial charge in [-0.05, 0) is 25.5 Å². The van der Waals surface area contributed by atoms with Gasteiger partial charge in [-0.15, -0.1) is 11.3 Å². The number of aromatic nitrogens is 2. The van der Waals surface area contributed by atoms with Gasteiger partial charge in [0.15, 0.2) is 0 Å². The van der Waals surface area contributed by atoms with E-state index in [0.717, 1.165) is 34.0 Å². The molecule has 6 nitrogen and oxygen atoms in total. The van der Waals surface area contributed by atoms with Gasteiger partial charge in [0.2, 0.25) is 0 Å². The van der Waals surface area contributed by atoms with Gasteiger partial charge in [0, 0.05) is 17.7 Å². The molecule has 0 unspecified atom stereocenters. The summed E-state index contributed by atoms with van der Waals surface area (Å²) < 4.78 is 10.6. The number of rotatable bonds is 5. The molecule has 1 aromatic carbocycles. The minimum atomic E-state index is -0.103. The number of nitrogens with one attached hydrogen (secondary N) is 1. The molecule has 1 N–H and O–H groups in total. The Morgan fingerprint density at radius 3 is 2.93 bits per heavy atom. The molecule has 1 aliphatic heterocycles. The van der Waals surface area contributed by atoms with Crippen molar-refractivity contribution in [1.82, 2.24) is 15.5 Å². The second kappa shape index (κ2) is 7.85. The lowest BCUT2D eigenvalue weighted by molar-refractivity contribution is 0.0934. The SMILES string of the molecule is Cc1onc(-c2ccccc2)c1/C=C/c1ncc(C(=O)N[C@H]2CCOC2)s1. The first-order chi connectivity index (χ1) is 13.2. The van der Waals surface area contributed by atoms with Crippen molar-refractivity contribution in [2.24, 2.45) is 0 Å². The second-order valence-electron chi connectivity index (χ2n) is 6.30. The lowest BCUT2D eigenvalue weighted by Crippen LogP contribution is -2.34. The number of carbonyl (C=O) groups is 1. The van der Waals surface area contributed by atoms with E-state index in [9.17, 15) is 4.79 Å². The van der Waals surface area contributed by atoms with Gasteiger partial charge in [-0.25, -0.2) is 4.98 Å². The smallest absolute Gasteiger partial charge is 0.263 e. The van der Waals surface area contributed by atoms with Crippen molar-refractivity contribution in [2.75, 3.05) is 13.2 Å².